The van der Waals surface area contributed by atoms with Gasteiger partial charge in [-0.3, -0.25) is 24.2 Å². The van der Waals surface area contributed by atoms with Crippen LogP contribution in [0.1, 0.15) is 32.6 Å². The molecule has 1 saturated carbocycles. The van der Waals surface area contributed by atoms with Crippen LogP contribution in [0.3, 0.4) is 0 Å². The molecule has 2 fully saturated rings. The molecule has 0 aromatic rings. The number of ketones is 1. The van der Waals surface area contributed by atoms with E-state index in [4.69, 9.17) is 5.73 Å². The lowest BCUT2D eigenvalue weighted by Crippen LogP contribution is -2.50. The van der Waals surface area contributed by atoms with Gasteiger partial charge in [0.25, 0.3) is 0 Å². The van der Waals surface area contributed by atoms with Gasteiger partial charge < -0.3 is 11.1 Å². The molecule has 2 rings (SSSR count). The number of hydrogen-bond donors (Lipinski definition) is 2. The number of carbonyl (C=O) groups excluding carboxylic acids is 3. The van der Waals surface area contributed by atoms with E-state index in [1.807, 2.05) is 0 Å². The maximum atomic E-state index is 12.4. The zero-order chi connectivity index (χ0) is 17.5. The molecular weight excluding hydrogens is 308 g/mol. The number of nitrogens with two attached hydrogens (primary N) is 1. The first-order valence-corrected chi connectivity index (χ1v) is 8.98. The number of carbonyl (C=O) groups is 3. The van der Waals surface area contributed by atoms with Crippen LogP contribution < -0.4 is 11.1 Å². The average molecular weight is 338 g/mol. The number of Topliss-reactive ketones (excluding diaryl/α,β-unsaturated/α-hetero) is 1. The Kier molecular flexibility index (Phi) is 7.17. The summed E-state index contributed by atoms with van der Waals surface area (Å²) < 4.78 is 0. The zero-order valence-electron chi connectivity index (χ0n) is 14.6. The molecule has 0 radical (unpaired) electrons. The van der Waals surface area contributed by atoms with Crippen LogP contribution in [0, 0.1) is 11.8 Å². The molecule has 1 heterocycles. The molecule has 24 heavy (non-hydrogen) atoms. The summed E-state index contributed by atoms with van der Waals surface area (Å²) in [5.41, 5.74) is 5.21. The molecule has 0 bridgehead atoms. The molecule has 2 atom stereocenters. The molecule has 136 valence electrons. The highest BCUT2D eigenvalue weighted by atomic mass is 16.2. The number of nitrogens with one attached hydrogen (secondary N) is 1. The van der Waals surface area contributed by atoms with Crippen molar-refractivity contribution in [2.75, 3.05) is 45.8 Å². The molecule has 0 aromatic carbocycles. The minimum absolute atomic E-state index is 0.0299. The van der Waals surface area contributed by atoms with Crippen molar-refractivity contribution >= 4 is 17.6 Å². The van der Waals surface area contributed by atoms with Gasteiger partial charge in [-0.1, -0.05) is 12.8 Å². The van der Waals surface area contributed by atoms with Crippen LogP contribution >= 0.6 is 0 Å². The quantitative estimate of drug-likeness (QED) is 0.659. The third kappa shape index (κ3) is 5.56. The van der Waals surface area contributed by atoms with E-state index in [0.29, 0.717) is 13.1 Å². The number of hydrogen-bond acceptors (Lipinski definition) is 5. The van der Waals surface area contributed by atoms with Gasteiger partial charge in [0.2, 0.25) is 11.8 Å². The van der Waals surface area contributed by atoms with Crippen LogP contribution in [0.15, 0.2) is 0 Å². The minimum Gasteiger partial charge on any atom is -0.369 e. The monoisotopic (exact) mass is 338 g/mol. The molecular formula is C17H30N4O3. The van der Waals surface area contributed by atoms with Crippen LogP contribution in [-0.4, -0.2) is 73.2 Å². The summed E-state index contributed by atoms with van der Waals surface area (Å²) in [5.74, 6) is -0.370. The molecule has 2 aliphatic rings. The molecule has 7 nitrogen and oxygen atoms in total. The van der Waals surface area contributed by atoms with Crippen LogP contribution in [0.2, 0.25) is 0 Å². The van der Waals surface area contributed by atoms with Gasteiger partial charge in [0.1, 0.15) is 5.78 Å². The summed E-state index contributed by atoms with van der Waals surface area (Å²) in [6, 6.07) is 0. The van der Waals surface area contributed by atoms with E-state index in [1.165, 1.54) is 0 Å². The van der Waals surface area contributed by atoms with Crippen molar-refractivity contribution < 1.29 is 14.4 Å². The second kappa shape index (κ2) is 9.13. The van der Waals surface area contributed by atoms with Crippen LogP contribution in [-0.2, 0) is 14.4 Å². The predicted molar refractivity (Wildman–Crippen MR) is 91.2 cm³/mol. The molecule has 1 aliphatic carbocycles. The summed E-state index contributed by atoms with van der Waals surface area (Å²) in [6.07, 6.45) is 3.74. The van der Waals surface area contributed by atoms with Gasteiger partial charge in [-0.15, -0.1) is 0 Å². The van der Waals surface area contributed by atoms with Gasteiger partial charge in [0.05, 0.1) is 6.54 Å². The fraction of sp³-hybridized carbons (Fsp3) is 0.824. The van der Waals surface area contributed by atoms with Crippen LogP contribution in [0.4, 0.5) is 0 Å². The Balaban J connectivity index is 1.67. The van der Waals surface area contributed by atoms with Gasteiger partial charge in [0.15, 0.2) is 0 Å². The van der Waals surface area contributed by atoms with Crippen molar-refractivity contribution in [2.24, 2.45) is 17.6 Å². The fourth-order valence-electron chi connectivity index (χ4n) is 3.79. The second-order valence-electron chi connectivity index (χ2n) is 6.98. The zero-order valence-corrected chi connectivity index (χ0v) is 14.6. The third-order valence-electron chi connectivity index (χ3n) is 5.20. The summed E-state index contributed by atoms with van der Waals surface area (Å²) in [6.45, 7) is 6.73. The third-order valence-corrected chi connectivity index (χ3v) is 5.20. The average Bonchev–Trinajstić information content (AvgIpc) is 2.56. The number of nitrogens with zero attached hydrogens (tertiary/aromatic N) is 2. The van der Waals surface area contributed by atoms with E-state index >= 15 is 0 Å². The lowest BCUT2D eigenvalue weighted by molar-refractivity contribution is -0.134. The van der Waals surface area contributed by atoms with Crippen LogP contribution in [0.5, 0.6) is 0 Å². The Bertz CT molecular complexity index is 461. The number of primary amides is 1. The highest BCUT2D eigenvalue weighted by Gasteiger charge is 2.33. The topological polar surface area (TPSA) is 95.7 Å². The summed E-state index contributed by atoms with van der Waals surface area (Å²) in [4.78, 5) is 39.4. The van der Waals surface area contributed by atoms with E-state index in [1.54, 1.807) is 6.92 Å². The molecule has 0 aromatic heterocycles. The molecule has 0 spiro atoms. The Morgan fingerprint density at radius 3 is 2.17 bits per heavy atom. The second-order valence-corrected chi connectivity index (χ2v) is 6.98. The van der Waals surface area contributed by atoms with Crippen molar-refractivity contribution in [3.63, 3.8) is 0 Å². The van der Waals surface area contributed by atoms with E-state index < -0.39 is 0 Å². The maximum absolute atomic E-state index is 12.4. The van der Waals surface area contributed by atoms with E-state index in [0.717, 1.165) is 58.4 Å². The van der Waals surface area contributed by atoms with Crippen molar-refractivity contribution in [3.05, 3.63) is 0 Å². The SMILES string of the molecule is CC(=O)C1CCCCC1C(=O)NCCN1CCN(CC(N)=O)CC1. The van der Waals surface area contributed by atoms with E-state index in [-0.39, 0.29) is 29.4 Å². The number of amides is 2. The first-order chi connectivity index (χ1) is 11.5. The smallest absolute Gasteiger partial charge is 0.231 e. The molecule has 7 heteroatoms. The highest BCUT2D eigenvalue weighted by Crippen LogP contribution is 2.30. The molecule has 2 unspecified atom stereocenters. The maximum Gasteiger partial charge on any atom is 0.231 e. The molecule has 3 N–H and O–H groups in total. The Morgan fingerprint density at radius 2 is 1.58 bits per heavy atom. The van der Waals surface area contributed by atoms with Crippen molar-refractivity contribution in [2.45, 2.75) is 32.6 Å². The number of rotatable bonds is 7. The molecule has 1 saturated heterocycles. The van der Waals surface area contributed by atoms with E-state index in [9.17, 15) is 14.4 Å². The molecule has 2 amide bonds. The summed E-state index contributed by atoms with van der Waals surface area (Å²) >= 11 is 0. The first kappa shape index (κ1) is 18.9. The largest absolute Gasteiger partial charge is 0.369 e. The minimum atomic E-state index is -0.289. The van der Waals surface area contributed by atoms with E-state index in [2.05, 4.69) is 15.1 Å². The van der Waals surface area contributed by atoms with Gasteiger partial charge >= 0.3 is 0 Å². The van der Waals surface area contributed by atoms with Gasteiger partial charge in [-0.05, 0) is 19.8 Å². The van der Waals surface area contributed by atoms with Crippen LogP contribution in [0.25, 0.3) is 0 Å². The lowest BCUT2D eigenvalue weighted by atomic mass is 9.77. The lowest BCUT2D eigenvalue weighted by Gasteiger charge is -2.34. The fourth-order valence-corrected chi connectivity index (χ4v) is 3.79. The van der Waals surface area contributed by atoms with Crippen molar-refractivity contribution in [3.8, 4) is 0 Å². The predicted octanol–water partition coefficient (Wildman–Crippen LogP) is -0.399. The van der Waals surface area contributed by atoms with Crippen molar-refractivity contribution in [1.29, 1.82) is 0 Å². The number of piperazine rings is 1. The van der Waals surface area contributed by atoms with Gasteiger partial charge in [-0.25, -0.2) is 0 Å². The Morgan fingerprint density at radius 1 is 1.00 bits per heavy atom. The summed E-state index contributed by atoms with van der Waals surface area (Å²) in [7, 11) is 0. The molecule has 1 aliphatic heterocycles. The van der Waals surface area contributed by atoms with Gasteiger partial charge in [0, 0.05) is 51.1 Å². The Labute approximate surface area is 143 Å². The normalized spacial score (nSPS) is 26.0. The van der Waals surface area contributed by atoms with Crippen molar-refractivity contribution in [1.82, 2.24) is 15.1 Å². The van der Waals surface area contributed by atoms with Gasteiger partial charge in [-0.2, -0.15) is 0 Å². The standard InChI is InChI=1S/C17H30N4O3/c1-13(22)14-4-2-3-5-15(14)17(24)19-6-7-20-8-10-21(11-9-20)12-16(18)23/h14-15H,2-12H2,1H3,(H2,18,23)(H,19,24). The highest BCUT2D eigenvalue weighted by molar-refractivity contribution is 5.87. The summed E-state index contributed by atoms with van der Waals surface area (Å²) in [5, 5.41) is 3.01. The first-order valence-electron chi connectivity index (χ1n) is 8.98. The Hall–Kier alpha value is -1.47.